The van der Waals surface area contributed by atoms with E-state index in [1.54, 1.807) is 0 Å². The lowest BCUT2D eigenvalue weighted by molar-refractivity contribution is 0.497. The molecule has 2 heteroatoms. The van der Waals surface area contributed by atoms with E-state index < -0.39 is 24.5 Å². The molecule has 0 saturated carbocycles. The molecule has 0 nitrogen and oxygen atoms in total. The van der Waals surface area contributed by atoms with Crippen molar-refractivity contribution in [3.05, 3.63) is 34.1 Å². The molecule has 13 heavy (non-hydrogen) atoms. The molecular formula is C11H12ClF. The van der Waals surface area contributed by atoms with E-state index in [1.165, 1.54) is 13.0 Å². The smallest absolute Gasteiger partial charge is 0.142 e. The molecule has 0 radical (unpaired) electrons. The van der Waals surface area contributed by atoms with E-state index in [1.807, 2.05) is 0 Å². The zero-order chi connectivity index (χ0) is 13.0. The molecule has 1 aliphatic rings. The van der Waals surface area contributed by atoms with Crippen LogP contribution in [0.5, 0.6) is 0 Å². The largest absolute Gasteiger partial charge is 0.205 e. The Labute approximate surface area is 88.3 Å². The Morgan fingerprint density at radius 2 is 2.31 bits per heavy atom. The molecule has 1 aromatic carbocycles. The maximum Gasteiger partial charge on any atom is 0.142 e. The molecule has 0 spiro atoms. The first kappa shape index (κ1) is 5.35. The predicted octanol–water partition coefficient (Wildman–Crippen LogP) is 3.60. The first-order chi connectivity index (χ1) is 7.66. The number of fused-ring (bicyclic) bond motifs is 1. The molecule has 0 N–H and O–H groups in total. The molecule has 1 atom stereocenters. The minimum Gasteiger partial charge on any atom is -0.205 e. The second kappa shape index (κ2) is 3.30. The van der Waals surface area contributed by atoms with Crippen molar-refractivity contribution in [2.24, 2.45) is 5.92 Å². The minimum absolute atomic E-state index is 0.0585. The fourth-order valence-electron chi connectivity index (χ4n) is 1.42. The van der Waals surface area contributed by atoms with Crippen LogP contribution in [0.3, 0.4) is 0 Å². The Morgan fingerprint density at radius 1 is 1.54 bits per heavy atom. The first-order valence-corrected chi connectivity index (χ1v) is 4.52. The first-order valence-electron chi connectivity index (χ1n) is 6.14. The van der Waals surface area contributed by atoms with Crippen molar-refractivity contribution in [1.82, 2.24) is 0 Å². The molecule has 2 rings (SSSR count). The molecular weight excluding hydrogens is 187 g/mol. The third-order valence-corrected chi connectivity index (χ3v) is 2.41. The lowest BCUT2D eigenvalue weighted by Gasteiger charge is -2.21. The van der Waals surface area contributed by atoms with Gasteiger partial charge in [-0.15, -0.1) is 0 Å². The second-order valence-corrected chi connectivity index (χ2v) is 3.58. The van der Waals surface area contributed by atoms with Crippen molar-refractivity contribution in [2.75, 3.05) is 0 Å². The van der Waals surface area contributed by atoms with Gasteiger partial charge in [0.05, 0.1) is 5.02 Å². The average molecular weight is 203 g/mol. The van der Waals surface area contributed by atoms with Gasteiger partial charge >= 0.3 is 0 Å². The van der Waals surface area contributed by atoms with E-state index in [0.29, 0.717) is 5.56 Å². The number of aryl methyl sites for hydroxylation is 1. The third-order valence-electron chi connectivity index (χ3n) is 2.12. The zero-order valence-electron chi connectivity index (χ0n) is 11.2. The Hall–Kier alpha value is -0.560. The van der Waals surface area contributed by atoms with Gasteiger partial charge in [0, 0.05) is 5.48 Å². The highest BCUT2D eigenvalue weighted by Gasteiger charge is 2.16. The van der Waals surface area contributed by atoms with Crippen molar-refractivity contribution in [3.63, 3.8) is 0 Å². The monoisotopic (exact) mass is 202 g/mol. The van der Waals surface area contributed by atoms with Crippen molar-refractivity contribution < 1.29 is 9.87 Å². The molecule has 0 aliphatic heterocycles. The van der Waals surface area contributed by atoms with Gasteiger partial charge in [0.1, 0.15) is 5.82 Å². The highest BCUT2D eigenvalue weighted by molar-refractivity contribution is 6.30. The third kappa shape index (κ3) is 1.71. The fourth-order valence-corrected chi connectivity index (χ4v) is 1.60. The standard InChI is InChI=1S/C11H12ClF/c1-7-2-3-8-5-10(12)11(13)6-9(8)4-7/h5-7H,2-4H2,1H3/i2D2,4D2. The van der Waals surface area contributed by atoms with Crippen LogP contribution in [0, 0.1) is 11.7 Å². The zero-order valence-corrected chi connectivity index (χ0v) is 7.95. The van der Waals surface area contributed by atoms with Crippen LogP contribution in [-0.2, 0) is 12.8 Å². The summed E-state index contributed by atoms with van der Waals surface area (Å²) in [6.07, 6.45) is -3.48. The van der Waals surface area contributed by atoms with Gasteiger partial charge in [0.2, 0.25) is 0 Å². The van der Waals surface area contributed by atoms with Gasteiger partial charge in [-0.25, -0.2) is 4.39 Å². The molecule has 0 saturated heterocycles. The summed E-state index contributed by atoms with van der Waals surface area (Å²) in [4.78, 5) is 0. The molecule has 1 unspecified atom stereocenters. The maximum absolute atomic E-state index is 13.4. The minimum atomic E-state index is -1.89. The topological polar surface area (TPSA) is 0 Å². The van der Waals surface area contributed by atoms with Crippen molar-refractivity contribution in [3.8, 4) is 0 Å². The molecule has 0 bridgehead atoms. The summed E-state index contributed by atoms with van der Waals surface area (Å²) in [5.74, 6) is -1.49. The van der Waals surface area contributed by atoms with Gasteiger partial charge in [-0.3, -0.25) is 0 Å². The number of halogens is 2. The lowest BCUT2D eigenvalue weighted by Crippen LogP contribution is -2.11. The molecule has 0 amide bonds. The Kier molecular flexibility index (Phi) is 1.36. The summed E-state index contributed by atoms with van der Waals surface area (Å²) >= 11 is 5.65. The lowest BCUT2D eigenvalue weighted by atomic mass is 9.85. The summed E-state index contributed by atoms with van der Waals surface area (Å²) in [5, 5.41) is -0.0927. The van der Waals surface area contributed by atoms with Crippen LogP contribution >= 0.6 is 11.6 Å². The van der Waals surface area contributed by atoms with E-state index in [2.05, 4.69) is 0 Å². The highest BCUT2D eigenvalue weighted by Crippen LogP contribution is 2.29. The van der Waals surface area contributed by atoms with Crippen molar-refractivity contribution in [2.45, 2.75) is 26.1 Å². The number of benzene rings is 1. The van der Waals surface area contributed by atoms with Crippen molar-refractivity contribution >= 4 is 11.6 Å². The Morgan fingerprint density at radius 3 is 3.08 bits per heavy atom. The van der Waals surface area contributed by atoms with Gasteiger partial charge in [0.15, 0.2) is 0 Å². The molecule has 0 heterocycles. The van der Waals surface area contributed by atoms with Gasteiger partial charge in [-0.2, -0.15) is 0 Å². The van der Waals surface area contributed by atoms with Crippen LogP contribution in [0.25, 0.3) is 0 Å². The number of rotatable bonds is 0. The van der Waals surface area contributed by atoms with Crippen LogP contribution in [0.2, 0.25) is 5.02 Å². The van der Waals surface area contributed by atoms with Crippen LogP contribution in [0.15, 0.2) is 12.1 Å². The van der Waals surface area contributed by atoms with E-state index in [-0.39, 0.29) is 17.0 Å². The summed E-state index contributed by atoms with van der Waals surface area (Å²) < 4.78 is 44.9. The predicted molar refractivity (Wildman–Crippen MR) is 52.6 cm³/mol. The molecule has 0 fully saturated rings. The second-order valence-electron chi connectivity index (χ2n) is 3.17. The average Bonchev–Trinajstić information content (AvgIpc) is 2.19. The van der Waals surface area contributed by atoms with Gasteiger partial charge in [-0.05, 0) is 48.3 Å². The van der Waals surface area contributed by atoms with Gasteiger partial charge in [-0.1, -0.05) is 18.5 Å². The van der Waals surface area contributed by atoms with E-state index in [0.717, 1.165) is 6.07 Å². The summed E-state index contributed by atoms with van der Waals surface area (Å²) in [7, 11) is 0. The molecule has 1 aliphatic carbocycles. The summed E-state index contributed by atoms with van der Waals surface area (Å²) in [6, 6.07) is 2.41. The molecule has 1 aromatic rings. The maximum atomic E-state index is 13.4. The Bertz CT molecular complexity index is 473. The van der Waals surface area contributed by atoms with Crippen LogP contribution in [-0.4, -0.2) is 0 Å². The van der Waals surface area contributed by atoms with E-state index >= 15 is 0 Å². The van der Waals surface area contributed by atoms with E-state index in [4.69, 9.17) is 17.1 Å². The van der Waals surface area contributed by atoms with E-state index in [9.17, 15) is 4.39 Å². The summed E-state index contributed by atoms with van der Waals surface area (Å²) in [6.45, 7) is 1.51. The van der Waals surface area contributed by atoms with Crippen LogP contribution < -0.4 is 0 Å². The van der Waals surface area contributed by atoms with Crippen LogP contribution in [0.4, 0.5) is 4.39 Å². The van der Waals surface area contributed by atoms with Gasteiger partial charge < -0.3 is 0 Å². The highest BCUT2D eigenvalue weighted by atomic mass is 35.5. The quantitative estimate of drug-likeness (QED) is 0.603. The fraction of sp³-hybridized carbons (Fsp3) is 0.455. The number of hydrogen-bond acceptors (Lipinski definition) is 0. The SMILES string of the molecule is [2H]C1([2H])Cc2cc(Cl)c(F)cc2C([2H])([2H])C1C. The number of hydrogen-bond donors (Lipinski definition) is 0. The molecule has 70 valence electrons. The van der Waals surface area contributed by atoms with Gasteiger partial charge in [0.25, 0.3) is 0 Å². The normalized spacial score (nSPS) is 33.6. The molecule has 0 aromatic heterocycles. The van der Waals surface area contributed by atoms with Crippen LogP contribution in [0.1, 0.15) is 29.9 Å². The Balaban J connectivity index is 2.66. The van der Waals surface area contributed by atoms with Crippen molar-refractivity contribution in [1.29, 1.82) is 0 Å². The summed E-state index contributed by atoms with van der Waals surface area (Å²) in [5.41, 5.74) is 0.659.